The minimum Gasteiger partial charge on any atom is -0.380 e. The third-order valence-corrected chi connectivity index (χ3v) is 4.12. The van der Waals surface area contributed by atoms with Crippen molar-refractivity contribution in [3.63, 3.8) is 0 Å². The Balaban J connectivity index is 2.79. The molecule has 1 aromatic carbocycles. The molecular formula is C14H19BrClNO2. The molecule has 1 aromatic rings. The molecule has 1 rings (SSSR count). The van der Waals surface area contributed by atoms with Crippen LogP contribution in [0.5, 0.6) is 0 Å². The summed E-state index contributed by atoms with van der Waals surface area (Å²) in [4.78, 5) is 12.2. The summed E-state index contributed by atoms with van der Waals surface area (Å²) in [5.41, 5.74) is 0.471. The lowest BCUT2D eigenvalue weighted by Gasteiger charge is -2.22. The van der Waals surface area contributed by atoms with Crippen LogP contribution in [0.1, 0.15) is 31.1 Å². The molecule has 0 aliphatic heterocycles. The maximum atomic E-state index is 12.2. The van der Waals surface area contributed by atoms with Crippen LogP contribution >= 0.6 is 27.5 Å². The number of carbonyl (C=O) groups is 1. The zero-order chi connectivity index (χ0) is 14.4. The van der Waals surface area contributed by atoms with E-state index in [0.717, 1.165) is 0 Å². The SMILES string of the molecule is CCOCC(NC(=O)c1cccc(Br)c1Cl)C(C)C. The van der Waals surface area contributed by atoms with E-state index in [9.17, 15) is 4.79 Å². The first-order valence-corrected chi connectivity index (χ1v) is 7.47. The van der Waals surface area contributed by atoms with Gasteiger partial charge in [0.05, 0.1) is 23.2 Å². The van der Waals surface area contributed by atoms with E-state index in [0.29, 0.717) is 34.2 Å². The van der Waals surface area contributed by atoms with Crippen molar-refractivity contribution >= 4 is 33.4 Å². The van der Waals surface area contributed by atoms with Gasteiger partial charge in [-0.2, -0.15) is 0 Å². The third-order valence-electron chi connectivity index (χ3n) is 2.82. The first-order valence-electron chi connectivity index (χ1n) is 6.30. The standard InChI is InChI=1S/C14H19BrClNO2/c1-4-19-8-12(9(2)3)17-14(18)10-6-5-7-11(15)13(10)16/h5-7,9,12H,4,8H2,1-3H3,(H,17,18). The minimum atomic E-state index is -0.176. The smallest absolute Gasteiger partial charge is 0.253 e. The van der Waals surface area contributed by atoms with Crippen LogP contribution in [0.2, 0.25) is 5.02 Å². The first kappa shape index (κ1) is 16.5. The Bertz CT molecular complexity index is 437. The van der Waals surface area contributed by atoms with Crippen molar-refractivity contribution in [2.24, 2.45) is 5.92 Å². The molecule has 0 saturated carbocycles. The molecule has 0 heterocycles. The molecule has 19 heavy (non-hydrogen) atoms. The summed E-state index contributed by atoms with van der Waals surface area (Å²) in [5.74, 6) is 0.117. The van der Waals surface area contributed by atoms with Gasteiger partial charge in [0.1, 0.15) is 0 Å². The average Bonchev–Trinajstić information content (AvgIpc) is 2.37. The van der Waals surface area contributed by atoms with Crippen LogP contribution in [0, 0.1) is 5.92 Å². The molecule has 0 aliphatic carbocycles. The van der Waals surface area contributed by atoms with Crippen molar-refractivity contribution < 1.29 is 9.53 Å². The highest BCUT2D eigenvalue weighted by molar-refractivity contribution is 9.10. The van der Waals surface area contributed by atoms with Gasteiger partial charge in [0.2, 0.25) is 0 Å². The topological polar surface area (TPSA) is 38.3 Å². The Kier molecular flexibility index (Phi) is 6.83. The number of amides is 1. The predicted molar refractivity (Wildman–Crippen MR) is 81.7 cm³/mol. The number of ether oxygens (including phenoxy) is 1. The Morgan fingerprint density at radius 1 is 1.47 bits per heavy atom. The van der Waals surface area contributed by atoms with E-state index in [1.807, 2.05) is 20.8 Å². The number of rotatable bonds is 6. The lowest BCUT2D eigenvalue weighted by molar-refractivity contribution is 0.0806. The van der Waals surface area contributed by atoms with Crippen LogP contribution in [0.4, 0.5) is 0 Å². The van der Waals surface area contributed by atoms with Crippen molar-refractivity contribution in [3.8, 4) is 0 Å². The molecule has 0 bridgehead atoms. The Labute approximate surface area is 127 Å². The molecule has 0 saturated heterocycles. The summed E-state index contributed by atoms with van der Waals surface area (Å²) in [6, 6.07) is 5.28. The second kappa shape index (κ2) is 7.88. The van der Waals surface area contributed by atoms with Crippen LogP contribution in [0.25, 0.3) is 0 Å². The number of carbonyl (C=O) groups excluding carboxylic acids is 1. The highest BCUT2D eigenvalue weighted by Gasteiger charge is 2.19. The summed E-state index contributed by atoms with van der Waals surface area (Å²) in [6.07, 6.45) is 0. The van der Waals surface area contributed by atoms with Crippen molar-refractivity contribution in [3.05, 3.63) is 33.3 Å². The van der Waals surface area contributed by atoms with E-state index < -0.39 is 0 Å². The summed E-state index contributed by atoms with van der Waals surface area (Å²) >= 11 is 9.43. The molecule has 0 radical (unpaired) electrons. The van der Waals surface area contributed by atoms with Gasteiger partial charge in [-0.1, -0.05) is 31.5 Å². The van der Waals surface area contributed by atoms with Gasteiger partial charge in [-0.25, -0.2) is 0 Å². The van der Waals surface area contributed by atoms with Gasteiger partial charge in [0.15, 0.2) is 0 Å². The lowest BCUT2D eigenvalue weighted by atomic mass is 10.0. The van der Waals surface area contributed by atoms with Crippen LogP contribution in [-0.4, -0.2) is 25.2 Å². The Morgan fingerprint density at radius 3 is 2.74 bits per heavy atom. The fourth-order valence-corrected chi connectivity index (χ4v) is 2.15. The maximum absolute atomic E-state index is 12.2. The van der Waals surface area contributed by atoms with Gasteiger partial charge in [-0.05, 0) is 40.9 Å². The van der Waals surface area contributed by atoms with Crippen molar-refractivity contribution in [2.75, 3.05) is 13.2 Å². The zero-order valence-electron chi connectivity index (χ0n) is 11.4. The third kappa shape index (κ3) is 4.79. The number of benzene rings is 1. The van der Waals surface area contributed by atoms with Crippen LogP contribution in [-0.2, 0) is 4.74 Å². The Morgan fingerprint density at radius 2 is 2.16 bits per heavy atom. The second-order valence-corrected chi connectivity index (χ2v) is 5.82. The van der Waals surface area contributed by atoms with Crippen LogP contribution in [0.15, 0.2) is 22.7 Å². The fraction of sp³-hybridized carbons (Fsp3) is 0.500. The fourth-order valence-electron chi connectivity index (χ4n) is 1.57. The largest absolute Gasteiger partial charge is 0.380 e. The molecule has 1 N–H and O–H groups in total. The van der Waals surface area contributed by atoms with Gasteiger partial charge >= 0.3 is 0 Å². The van der Waals surface area contributed by atoms with E-state index >= 15 is 0 Å². The van der Waals surface area contributed by atoms with Crippen molar-refractivity contribution in [1.29, 1.82) is 0 Å². The summed E-state index contributed by atoms with van der Waals surface area (Å²) < 4.78 is 6.11. The van der Waals surface area contributed by atoms with Crippen LogP contribution < -0.4 is 5.32 Å². The monoisotopic (exact) mass is 347 g/mol. The van der Waals surface area contributed by atoms with Crippen molar-refractivity contribution in [2.45, 2.75) is 26.8 Å². The molecule has 1 amide bonds. The van der Waals surface area contributed by atoms with E-state index in [4.69, 9.17) is 16.3 Å². The second-order valence-electron chi connectivity index (χ2n) is 4.58. The molecule has 0 aliphatic rings. The predicted octanol–water partition coefficient (Wildman–Crippen LogP) is 3.89. The molecule has 0 fully saturated rings. The maximum Gasteiger partial charge on any atom is 0.253 e. The lowest BCUT2D eigenvalue weighted by Crippen LogP contribution is -2.42. The highest BCUT2D eigenvalue weighted by Crippen LogP contribution is 2.26. The minimum absolute atomic E-state index is 0.0255. The molecule has 0 aromatic heterocycles. The quantitative estimate of drug-likeness (QED) is 0.847. The van der Waals surface area contributed by atoms with Crippen molar-refractivity contribution in [1.82, 2.24) is 5.32 Å². The number of halogens is 2. The summed E-state index contributed by atoms with van der Waals surface area (Å²) in [7, 11) is 0. The number of hydrogen-bond acceptors (Lipinski definition) is 2. The van der Waals surface area contributed by atoms with Gasteiger partial charge in [0, 0.05) is 11.1 Å². The molecule has 3 nitrogen and oxygen atoms in total. The molecule has 0 spiro atoms. The zero-order valence-corrected chi connectivity index (χ0v) is 13.7. The molecule has 5 heteroatoms. The molecular weight excluding hydrogens is 330 g/mol. The Hall–Kier alpha value is -0.580. The van der Waals surface area contributed by atoms with E-state index in [1.54, 1.807) is 18.2 Å². The normalized spacial score (nSPS) is 12.5. The first-order chi connectivity index (χ1) is 8.97. The molecule has 106 valence electrons. The van der Waals surface area contributed by atoms with Gasteiger partial charge in [-0.3, -0.25) is 4.79 Å². The summed E-state index contributed by atoms with van der Waals surface area (Å²) in [5, 5.41) is 3.40. The van der Waals surface area contributed by atoms with Gasteiger partial charge in [-0.15, -0.1) is 0 Å². The summed E-state index contributed by atoms with van der Waals surface area (Å²) in [6.45, 7) is 7.17. The van der Waals surface area contributed by atoms with Crippen LogP contribution in [0.3, 0.4) is 0 Å². The highest BCUT2D eigenvalue weighted by atomic mass is 79.9. The molecule has 1 unspecified atom stereocenters. The van der Waals surface area contributed by atoms with E-state index in [2.05, 4.69) is 21.2 Å². The van der Waals surface area contributed by atoms with E-state index in [1.165, 1.54) is 0 Å². The van der Waals surface area contributed by atoms with E-state index in [-0.39, 0.29) is 11.9 Å². The number of hydrogen-bond donors (Lipinski definition) is 1. The number of nitrogens with one attached hydrogen (secondary N) is 1. The van der Waals surface area contributed by atoms with Gasteiger partial charge < -0.3 is 10.1 Å². The molecule has 1 atom stereocenters. The average molecular weight is 349 g/mol. The van der Waals surface area contributed by atoms with Gasteiger partial charge in [0.25, 0.3) is 5.91 Å².